The number of hydrogen-bond donors (Lipinski definition) is 4. The summed E-state index contributed by atoms with van der Waals surface area (Å²) in [6.45, 7) is 1.88. The number of nitrogens with one attached hydrogen (secondary N) is 3. The van der Waals surface area contributed by atoms with Crippen molar-refractivity contribution in [2.24, 2.45) is 0 Å². The molecule has 0 saturated carbocycles. The maximum Gasteiger partial charge on any atom is 0.490 e. The molecule has 1 fully saturated rings. The Morgan fingerprint density at radius 1 is 1.20 bits per heavy atom. The summed E-state index contributed by atoms with van der Waals surface area (Å²) in [5, 5.41) is 14.4. The van der Waals surface area contributed by atoms with Crippen LogP contribution in [0, 0.1) is 0 Å². The highest BCUT2D eigenvalue weighted by molar-refractivity contribution is 6.08. The molecular formula is C19H19F3N4O4. The van der Waals surface area contributed by atoms with Crippen LogP contribution in [0.3, 0.4) is 0 Å². The second-order valence-corrected chi connectivity index (χ2v) is 6.59. The largest absolute Gasteiger partial charge is 0.490 e. The van der Waals surface area contributed by atoms with Gasteiger partial charge in [-0.3, -0.25) is 4.79 Å². The third kappa shape index (κ3) is 4.98. The topological polar surface area (TPSA) is 120 Å². The molecule has 1 amide bonds. The van der Waals surface area contributed by atoms with Gasteiger partial charge in [0.2, 0.25) is 0 Å². The number of aromatic nitrogens is 2. The van der Waals surface area contributed by atoms with Gasteiger partial charge in [0.25, 0.3) is 5.91 Å². The summed E-state index contributed by atoms with van der Waals surface area (Å²) >= 11 is 0. The number of H-pyrrole nitrogens is 1. The number of aromatic amines is 1. The second-order valence-electron chi connectivity index (χ2n) is 6.59. The Morgan fingerprint density at radius 2 is 1.90 bits per heavy atom. The first-order valence-electron chi connectivity index (χ1n) is 9.09. The Hall–Kier alpha value is -3.34. The number of aliphatic carboxylic acids is 1. The third-order valence-electron chi connectivity index (χ3n) is 4.61. The number of carbonyl (C=O) groups is 2. The van der Waals surface area contributed by atoms with E-state index in [0.29, 0.717) is 11.5 Å². The summed E-state index contributed by atoms with van der Waals surface area (Å²) in [6, 6.07) is 7.71. The standard InChI is InChI=1S/C17H18N4O2.C2HF3O2/c22-17(21-14-3-1-2-13-12(14)6-9-19-13)15-16(23-10-20-15)11-4-7-18-8-5-11;3-2(4,5)1(6)7/h1-3,6,9-11,18-19H,4-5,7-8H2,(H,21,22);(H,6,7). The van der Waals surface area contributed by atoms with Crippen molar-refractivity contribution in [3.63, 3.8) is 0 Å². The van der Waals surface area contributed by atoms with Crippen LogP contribution in [0.4, 0.5) is 18.9 Å². The molecule has 11 heteroatoms. The van der Waals surface area contributed by atoms with E-state index in [1.165, 1.54) is 6.39 Å². The van der Waals surface area contributed by atoms with Gasteiger partial charge in [-0.25, -0.2) is 9.78 Å². The van der Waals surface area contributed by atoms with Gasteiger partial charge in [0.1, 0.15) is 5.76 Å². The van der Waals surface area contributed by atoms with Gasteiger partial charge in [0.15, 0.2) is 12.1 Å². The first kappa shape index (κ1) is 21.4. The van der Waals surface area contributed by atoms with Crippen molar-refractivity contribution < 1.29 is 32.3 Å². The summed E-state index contributed by atoms with van der Waals surface area (Å²) < 4.78 is 37.3. The summed E-state index contributed by atoms with van der Waals surface area (Å²) in [5.41, 5.74) is 2.15. The number of piperidine rings is 1. The molecule has 0 bridgehead atoms. The van der Waals surface area contributed by atoms with Gasteiger partial charge in [-0.05, 0) is 44.1 Å². The highest BCUT2D eigenvalue weighted by atomic mass is 19.4. The molecule has 0 unspecified atom stereocenters. The Bertz CT molecular complexity index is 1020. The van der Waals surface area contributed by atoms with E-state index in [4.69, 9.17) is 14.3 Å². The van der Waals surface area contributed by atoms with Gasteiger partial charge >= 0.3 is 12.1 Å². The van der Waals surface area contributed by atoms with E-state index in [2.05, 4.69) is 20.6 Å². The molecule has 0 atom stereocenters. The molecule has 0 radical (unpaired) electrons. The molecule has 1 aliphatic rings. The molecule has 4 N–H and O–H groups in total. The molecular weight excluding hydrogens is 405 g/mol. The number of anilines is 1. The lowest BCUT2D eigenvalue weighted by atomic mass is 9.94. The first-order chi connectivity index (χ1) is 14.3. The van der Waals surface area contributed by atoms with Gasteiger partial charge < -0.3 is 25.1 Å². The van der Waals surface area contributed by atoms with E-state index in [1.807, 2.05) is 30.5 Å². The summed E-state index contributed by atoms with van der Waals surface area (Å²) in [7, 11) is 0. The Labute approximate surface area is 168 Å². The highest BCUT2D eigenvalue weighted by Crippen LogP contribution is 2.29. The third-order valence-corrected chi connectivity index (χ3v) is 4.61. The quantitative estimate of drug-likeness (QED) is 0.511. The average Bonchev–Trinajstić information content (AvgIpc) is 3.38. The molecule has 3 heterocycles. The molecule has 0 aliphatic carbocycles. The lowest BCUT2D eigenvalue weighted by Gasteiger charge is -2.21. The van der Waals surface area contributed by atoms with Crippen LogP contribution in [0.25, 0.3) is 10.9 Å². The van der Waals surface area contributed by atoms with Crippen LogP contribution in [0.1, 0.15) is 35.0 Å². The van der Waals surface area contributed by atoms with Crippen molar-refractivity contribution in [3.8, 4) is 0 Å². The second kappa shape index (κ2) is 8.99. The van der Waals surface area contributed by atoms with E-state index >= 15 is 0 Å². The predicted molar refractivity (Wildman–Crippen MR) is 101 cm³/mol. The Balaban J connectivity index is 0.000000318. The molecule has 8 nitrogen and oxygen atoms in total. The molecule has 4 rings (SSSR count). The van der Waals surface area contributed by atoms with E-state index in [1.54, 1.807) is 0 Å². The van der Waals surface area contributed by atoms with Crippen LogP contribution >= 0.6 is 0 Å². The molecule has 1 aromatic carbocycles. The van der Waals surface area contributed by atoms with E-state index in [0.717, 1.165) is 42.5 Å². The summed E-state index contributed by atoms with van der Waals surface area (Å²) in [6.07, 6.45) is 0.0613. The molecule has 160 valence electrons. The van der Waals surface area contributed by atoms with Crippen molar-refractivity contribution in [2.75, 3.05) is 18.4 Å². The molecule has 3 aromatic rings. The molecule has 0 spiro atoms. The fourth-order valence-corrected chi connectivity index (χ4v) is 3.18. The normalized spacial score (nSPS) is 14.8. The zero-order valence-electron chi connectivity index (χ0n) is 15.6. The zero-order valence-corrected chi connectivity index (χ0v) is 15.6. The molecule has 2 aromatic heterocycles. The SMILES string of the molecule is O=C(Nc1cccc2[nH]ccc12)c1ncoc1C1CCNCC1.O=C(O)C(F)(F)F. The fraction of sp³-hybridized carbons (Fsp3) is 0.316. The number of hydrogen-bond acceptors (Lipinski definition) is 5. The van der Waals surface area contributed by atoms with Crippen molar-refractivity contribution in [1.29, 1.82) is 0 Å². The van der Waals surface area contributed by atoms with Crippen LogP contribution in [0.5, 0.6) is 0 Å². The fourth-order valence-electron chi connectivity index (χ4n) is 3.18. The maximum absolute atomic E-state index is 12.6. The van der Waals surface area contributed by atoms with Crippen molar-refractivity contribution in [1.82, 2.24) is 15.3 Å². The van der Waals surface area contributed by atoms with Crippen LogP contribution in [0.15, 0.2) is 41.3 Å². The van der Waals surface area contributed by atoms with Gasteiger partial charge in [0.05, 0.1) is 5.69 Å². The van der Waals surface area contributed by atoms with E-state index in [-0.39, 0.29) is 11.8 Å². The van der Waals surface area contributed by atoms with Gasteiger partial charge in [-0.15, -0.1) is 0 Å². The minimum Gasteiger partial charge on any atom is -0.475 e. The number of halogens is 3. The monoisotopic (exact) mass is 424 g/mol. The van der Waals surface area contributed by atoms with Crippen molar-refractivity contribution in [2.45, 2.75) is 24.9 Å². The summed E-state index contributed by atoms with van der Waals surface area (Å²) in [5.74, 6) is -2.03. The first-order valence-corrected chi connectivity index (χ1v) is 9.09. The minimum absolute atomic E-state index is 0.221. The number of carboxylic acid groups (broad SMARTS) is 1. The number of amides is 1. The van der Waals surface area contributed by atoms with Crippen LogP contribution < -0.4 is 10.6 Å². The maximum atomic E-state index is 12.6. The van der Waals surface area contributed by atoms with Crippen LogP contribution in [0.2, 0.25) is 0 Å². The zero-order chi connectivity index (χ0) is 21.7. The number of carboxylic acids is 1. The van der Waals surface area contributed by atoms with E-state index < -0.39 is 12.1 Å². The Morgan fingerprint density at radius 3 is 2.57 bits per heavy atom. The number of oxazole rings is 1. The summed E-state index contributed by atoms with van der Waals surface area (Å²) in [4.78, 5) is 28.8. The van der Waals surface area contributed by atoms with Crippen molar-refractivity contribution >= 4 is 28.5 Å². The van der Waals surface area contributed by atoms with E-state index in [9.17, 15) is 18.0 Å². The number of benzene rings is 1. The number of rotatable bonds is 3. The van der Waals surface area contributed by atoms with Crippen molar-refractivity contribution in [3.05, 3.63) is 48.3 Å². The molecule has 30 heavy (non-hydrogen) atoms. The highest BCUT2D eigenvalue weighted by Gasteiger charge is 2.38. The lowest BCUT2D eigenvalue weighted by molar-refractivity contribution is -0.192. The number of fused-ring (bicyclic) bond motifs is 1. The smallest absolute Gasteiger partial charge is 0.475 e. The minimum atomic E-state index is -5.08. The molecule has 1 saturated heterocycles. The lowest BCUT2D eigenvalue weighted by Crippen LogP contribution is -2.27. The van der Waals surface area contributed by atoms with Crippen LogP contribution in [-0.4, -0.2) is 46.2 Å². The Kier molecular flexibility index (Phi) is 6.40. The number of alkyl halides is 3. The van der Waals surface area contributed by atoms with Crippen LogP contribution in [-0.2, 0) is 4.79 Å². The predicted octanol–water partition coefficient (Wildman–Crippen LogP) is 3.51. The van der Waals surface area contributed by atoms with Gasteiger partial charge in [0, 0.05) is 23.0 Å². The average molecular weight is 424 g/mol. The molecule has 1 aliphatic heterocycles. The number of carbonyl (C=O) groups excluding carboxylic acids is 1. The van der Waals surface area contributed by atoms with Gasteiger partial charge in [-0.1, -0.05) is 6.07 Å². The number of nitrogens with zero attached hydrogens (tertiary/aromatic N) is 1. The van der Waals surface area contributed by atoms with Gasteiger partial charge in [-0.2, -0.15) is 13.2 Å².